The van der Waals surface area contributed by atoms with Crippen molar-refractivity contribution in [2.24, 2.45) is 0 Å². The number of hydrogen-bond donors (Lipinski definition) is 0. The highest BCUT2D eigenvalue weighted by atomic mass is 14.8. The molecule has 0 atom stereocenters. The molecule has 0 aliphatic rings. The van der Waals surface area contributed by atoms with Crippen LogP contribution in [0.5, 0.6) is 0 Å². The Hall–Kier alpha value is -6.12. The van der Waals surface area contributed by atoms with Gasteiger partial charge in [0.05, 0.1) is 16.9 Å². The molecule has 0 spiro atoms. The average Bonchev–Trinajstić information content (AvgIpc) is 3.14. The van der Waals surface area contributed by atoms with Crippen LogP contribution in [0.1, 0.15) is 0 Å². The highest BCUT2D eigenvalue weighted by molar-refractivity contribution is 6.21. The van der Waals surface area contributed by atoms with Crippen LogP contribution in [0.25, 0.3) is 88.0 Å². The summed E-state index contributed by atoms with van der Waals surface area (Å²) in [5.41, 5.74) is 9.96. The molecule has 2 heteroatoms. The van der Waals surface area contributed by atoms with Crippen molar-refractivity contribution in [3.8, 4) is 44.8 Å². The molecule has 0 amide bonds. The van der Waals surface area contributed by atoms with Crippen molar-refractivity contribution in [2.45, 2.75) is 0 Å². The fraction of sp³-hybridized carbons (Fsp3) is 0. The zero-order valence-corrected chi connectivity index (χ0v) is 25.1. The third kappa shape index (κ3) is 4.27. The van der Waals surface area contributed by atoms with E-state index in [9.17, 15) is 0 Å². The maximum absolute atomic E-state index is 5.03. The van der Waals surface area contributed by atoms with Gasteiger partial charge >= 0.3 is 0 Å². The van der Waals surface area contributed by atoms with E-state index in [1.54, 1.807) is 0 Å². The van der Waals surface area contributed by atoms with Crippen LogP contribution in [0.4, 0.5) is 0 Å². The Kier molecular flexibility index (Phi) is 6.17. The smallest absolute Gasteiger partial charge is 0.0972 e. The van der Waals surface area contributed by atoms with Gasteiger partial charge in [0.2, 0.25) is 0 Å². The van der Waals surface area contributed by atoms with Crippen LogP contribution in [0.2, 0.25) is 0 Å². The van der Waals surface area contributed by atoms with Gasteiger partial charge in [0, 0.05) is 22.5 Å². The molecule has 214 valence electrons. The Morgan fingerprint density at radius 3 is 1.35 bits per heavy atom. The van der Waals surface area contributed by atoms with Gasteiger partial charge in [0.15, 0.2) is 0 Å². The van der Waals surface area contributed by atoms with Gasteiger partial charge in [-0.15, -0.1) is 0 Å². The molecule has 0 aliphatic heterocycles. The van der Waals surface area contributed by atoms with E-state index < -0.39 is 0 Å². The summed E-state index contributed by atoms with van der Waals surface area (Å²) in [6, 6.07) is 58.3. The predicted molar refractivity (Wildman–Crippen MR) is 194 cm³/mol. The van der Waals surface area contributed by atoms with Gasteiger partial charge in [-0.05, 0) is 66.9 Å². The fourth-order valence-corrected chi connectivity index (χ4v) is 6.99. The molecule has 0 fully saturated rings. The number of aromatic nitrogens is 2. The van der Waals surface area contributed by atoms with Crippen LogP contribution in [0, 0.1) is 0 Å². The summed E-state index contributed by atoms with van der Waals surface area (Å²) in [5.74, 6) is 0. The summed E-state index contributed by atoms with van der Waals surface area (Å²) in [6.45, 7) is 0. The maximum atomic E-state index is 5.03. The van der Waals surface area contributed by atoms with Gasteiger partial charge in [0.1, 0.15) is 0 Å². The van der Waals surface area contributed by atoms with Crippen LogP contribution in [0.15, 0.2) is 170 Å². The van der Waals surface area contributed by atoms with Crippen molar-refractivity contribution >= 4 is 43.2 Å². The first kappa shape index (κ1) is 26.3. The van der Waals surface area contributed by atoms with E-state index in [0.717, 1.165) is 38.8 Å². The summed E-state index contributed by atoms with van der Waals surface area (Å²) in [5, 5.41) is 8.52. The SMILES string of the molecule is c1ccc(-c2c3ccccc3c(-c3ccc(-c4ccc(-c5nc6ccccc6c6ccccc56)nc4)cc3)c3ccccc23)cc1. The molecule has 0 unspecified atom stereocenters. The minimum Gasteiger partial charge on any atom is -0.254 e. The van der Waals surface area contributed by atoms with E-state index in [4.69, 9.17) is 9.97 Å². The number of pyridine rings is 2. The first-order valence-corrected chi connectivity index (χ1v) is 15.7. The van der Waals surface area contributed by atoms with E-state index in [2.05, 4.69) is 158 Å². The van der Waals surface area contributed by atoms with Gasteiger partial charge in [-0.25, -0.2) is 4.98 Å². The maximum Gasteiger partial charge on any atom is 0.0972 e. The molecular formula is C44H28N2. The van der Waals surface area contributed by atoms with Crippen LogP contribution in [-0.2, 0) is 0 Å². The standard InChI is InChI=1S/C44H28N2/c1-2-12-30(13-3-1)42-35-16-5-7-18-37(35)43(38-19-8-6-17-36(38)42)31-24-22-29(23-25-31)32-26-27-41(45-28-32)44-39-20-9-4-14-33(39)34-15-10-11-21-40(34)46-44/h1-28H. The zero-order valence-electron chi connectivity index (χ0n) is 25.1. The highest BCUT2D eigenvalue weighted by Gasteiger charge is 2.16. The van der Waals surface area contributed by atoms with Gasteiger partial charge in [-0.2, -0.15) is 0 Å². The number of nitrogens with zero attached hydrogens (tertiary/aromatic N) is 2. The van der Waals surface area contributed by atoms with Crippen molar-refractivity contribution in [1.82, 2.24) is 9.97 Å². The Balaban J connectivity index is 1.13. The first-order chi connectivity index (χ1) is 22.8. The first-order valence-electron chi connectivity index (χ1n) is 15.7. The van der Waals surface area contributed by atoms with Crippen molar-refractivity contribution in [3.05, 3.63) is 170 Å². The number of para-hydroxylation sites is 1. The monoisotopic (exact) mass is 584 g/mol. The fourth-order valence-electron chi connectivity index (χ4n) is 6.99. The lowest BCUT2D eigenvalue weighted by Crippen LogP contribution is -1.92. The van der Waals surface area contributed by atoms with E-state index >= 15 is 0 Å². The lowest BCUT2D eigenvalue weighted by atomic mass is 9.86. The number of hydrogen-bond acceptors (Lipinski definition) is 2. The molecule has 0 saturated heterocycles. The highest BCUT2D eigenvalue weighted by Crippen LogP contribution is 2.43. The summed E-state index contributed by atoms with van der Waals surface area (Å²) < 4.78 is 0. The van der Waals surface area contributed by atoms with Crippen molar-refractivity contribution in [2.75, 3.05) is 0 Å². The molecule has 0 bridgehead atoms. The molecule has 0 radical (unpaired) electrons. The molecule has 46 heavy (non-hydrogen) atoms. The molecule has 7 aromatic carbocycles. The molecule has 2 aromatic heterocycles. The minimum atomic E-state index is 0.874. The molecule has 0 saturated carbocycles. The molecule has 2 nitrogen and oxygen atoms in total. The largest absolute Gasteiger partial charge is 0.254 e. The van der Waals surface area contributed by atoms with E-state index in [-0.39, 0.29) is 0 Å². The van der Waals surface area contributed by atoms with Crippen LogP contribution >= 0.6 is 0 Å². The molecule has 9 rings (SSSR count). The molecular weight excluding hydrogens is 556 g/mol. The second kappa shape index (κ2) is 10.8. The second-order valence-corrected chi connectivity index (χ2v) is 11.7. The van der Waals surface area contributed by atoms with Crippen LogP contribution in [-0.4, -0.2) is 9.97 Å². The normalized spacial score (nSPS) is 11.5. The summed E-state index contributed by atoms with van der Waals surface area (Å²) in [7, 11) is 0. The van der Waals surface area contributed by atoms with Gasteiger partial charge in [0.25, 0.3) is 0 Å². The van der Waals surface area contributed by atoms with Gasteiger partial charge in [-0.3, -0.25) is 4.98 Å². The molecule has 9 aromatic rings. The summed E-state index contributed by atoms with van der Waals surface area (Å²) in [6.07, 6.45) is 1.97. The molecule has 0 N–H and O–H groups in total. The van der Waals surface area contributed by atoms with Gasteiger partial charge in [-0.1, -0.05) is 152 Å². The van der Waals surface area contributed by atoms with Crippen molar-refractivity contribution in [1.29, 1.82) is 0 Å². The lowest BCUT2D eigenvalue weighted by Gasteiger charge is -2.18. The van der Waals surface area contributed by atoms with Crippen molar-refractivity contribution < 1.29 is 0 Å². The third-order valence-corrected chi connectivity index (χ3v) is 9.12. The Bertz CT molecular complexity index is 2490. The average molecular weight is 585 g/mol. The van der Waals surface area contributed by atoms with Crippen molar-refractivity contribution in [3.63, 3.8) is 0 Å². The third-order valence-electron chi connectivity index (χ3n) is 9.12. The summed E-state index contributed by atoms with van der Waals surface area (Å²) in [4.78, 5) is 9.95. The quantitative estimate of drug-likeness (QED) is 0.152. The lowest BCUT2D eigenvalue weighted by molar-refractivity contribution is 1.29. The van der Waals surface area contributed by atoms with Crippen LogP contribution < -0.4 is 0 Å². The number of benzene rings is 7. The zero-order chi connectivity index (χ0) is 30.5. The van der Waals surface area contributed by atoms with Gasteiger partial charge < -0.3 is 0 Å². The Labute approximate surface area is 267 Å². The Morgan fingerprint density at radius 1 is 0.304 bits per heavy atom. The van der Waals surface area contributed by atoms with E-state index in [1.807, 2.05) is 12.3 Å². The summed E-state index contributed by atoms with van der Waals surface area (Å²) >= 11 is 0. The Morgan fingerprint density at radius 2 is 0.761 bits per heavy atom. The molecule has 2 heterocycles. The predicted octanol–water partition coefficient (Wildman–Crippen LogP) is 11.8. The molecule has 0 aliphatic carbocycles. The number of rotatable bonds is 4. The topological polar surface area (TPSA) is 25.8 Å². The number of fused-ring (bicyclic) bond motifs is 5. The van der Waals surface area contributed by atoms with Crippen LogP contribution in [0.3, 0.4) is 0 Å². The van der Waals surface area contributed by atoms with E-state index in [0.29, 0.717) is 0 Å². The second-order valence-electron chi connectivity index (χ2n) is 11.7. The van der Waals surface area contributed by atoms with E-state index in [1.165, 1.54) is 49.2 Å². The minimum absolute atomic E-state index is 0.874.